The van der Waals surface area contributed by atoms with Gasteiger partial charge < -0.3 is 0 Å². The third-order valence-electron chi connectivity index (χ3n) is 2.75. The van der Waals surface area contributed by atoms with E-state index in [-0.39, 0.29) is 0 Å². The molecule has 0 aliphatic rings. The quantitative estimate of drug-likeness (QED) is 0.690. The zero-order valence-electron chi connectivity index (χ0n) is 10.7. The fraction of sp³-hybridized carbons (Fsp3) is 0. The summed E-state index contributed by atoms with van der Waals surface area (Å²) in [5.41, 5.74) is 1.34. The Balaban J connectivity index is 2.22. The lowest BCUT2D eigenvalue weighted by Crippen LogP contribution is -2.27. The molecule has 0 aliphatic heterocycles. The number of rotatable bonds is 3. The summed E-state index contributed by atoms with van der Waals surface area (Å²) in [5, 5.41) is 18.4. The van der Waals surface area contributed by atoms with Gasteiger partial charge >= 0.3 is 0 Å². The fourth-order valence-electron chi connectivity index (χ4n) is 1.84. The summed E-state index contributed by atoms with van der Waals surface area (Å²) in [6.45, 7) is 0. The van der Waals surface area contributed by atoms with Crippen molar-refractivity contribution in [3.8, 4) is 0 Å². The van der Waals surface area contributed by atoms with E-state index in [9.17, 15) is 0 Å². The number of aromatic nitrogens is 4. The van der Waals surface area contributed by atoms with E-state index < -0.39 is 7.92 Å². The van der Waals surface area contributed by atoms with Gasteiger partial charge in [-0.25, -0.2) is 0 Å². The molecule has 0 fully saturated rings. The van der Waals surface area contributed by atoms with Crippen LogP contribution >= 0.6 is 31.1 Å². The van der Waals surface area contributed by atoms with Crippen LogP contribution in [0.2, 0.25) is 10.0 Å². The fourth-order valence-corrected chi connectivity index (χ4v) is 4.56. The SMILES string of the molecule is Clc1ccnnc1P(c1ccccc1)c1nnccc1Cl. The molecule has 0 unspecified atom stereocenters. The molecule has 0 saturated carbocycles. The third-order valence-corrected chi connectivity index (χ3v) is 5.94. The summed E-state index contributed by atoms with van der Waals surface area (Å²) in [6.07, 6.45) is 3.12. The molecular formula is C14H9Cl2N4P. The summed E-state index contributed by atoms with van der Waals surface area (Å²) < 4.78 is 0. The van der Waals surface area contributed by atoms with Crippen molar-refractivity contribution in [1.82, 2.24) is 20.4 Å². The van der Waals surface area contributed by atoms with E-state index in [1.807, 2.05) is 30.3 Å². The highest BCUT2D eigenvalue weighted by Crippen LogP contribution is 2.35. The van der Waals surface area contributed by atoms with Gasteiger partial charge in [0.05, 0.1) is 22.4 Å². The lowest BCUT2D eigenvalue weighted by molar-refractivity contribution is 1.05. The lowest BCUT2D eigenvalue weighted by atomic mass is 10.4. The van der Waals surface area contributed by atoms with Crippen molar-refractivity contribution >= 4 is 47.3 Å². The van der Waals surface area contributed by atoms with Gasteiger partial charge in [0.2, 0.25) is 0 Å². The Labute approximate surface area is 132 Å². The second-order valence-corrected chi connectivity index (χ2v) is 6.93. The maximum atomic E-state index is 6.29. The van der Waals surface area contributed by atoms with Crippen LogP contribution in [0.15, 0.2) is 54.9 Å². The van der Waals surface area contributed by atoms with Gasteiger partial charge in [0.1, 0.15) is 10.9 Å². The number of halogens is 2. The van der Waals surface area contributed by atoms with Crippen molar-refractivity contribution in [3.05, 3.63) is 64.9 Å². The molecule has 7 heteroatoms. The molecule has 0 saturated heterocycles. The monoisotopic (exact) mass is 334 g/mol. The Hall–Kier alpha value is -1.61. The second-order valence-electron chi connectivity index (χ2n) is 4.08. The van der Waals surface area contributed by atoms with Gasteiger partial charge in [-0.05, 0) is 17.4 Å². The van der Waals surface area contributed by atoms with E-state index in [2.05, 4.69) is 20.4 Å². The second kappa shape index (κ2) is 6.44. The molecule has 0 spiro atoms. The molecule has 0 aliphatic carbocycles. The Morgan fingerprint density at radius 1 is 0.714 bits per heavy atom. The minimum atomic E-state index is -1.10. The first-order chi connectivity index (χ1) is 10.3. The zero-order valence-corrected chi connectivity index (χ0v) is 13.1. The number of hydrogen-bond acceptors (Lipinski definition) is 4. The molecule has 1 aromatic carbocycles. The van der Waals surface area contributed by atoms with Crippen molar-refractivity contribution in [1.29, 1.82) is 0 Å². The maximum absolute atomic E-state index is 6.29. The van der Waals surface area contributed by atoms with Crippen molar-refractivity contribution in [2.45, 2.75) is 0 Å². The molecule has 0 bridgehead atoms. The Morgan fingerprint density at radius 2 is 1.24 bits per heavy atom. The van der Waals surface area contributed by atoms with Gasteiger partial charge in [0.15, 0.2) is 0 Å². The minimum Gasteiger partial charge on any atom is -0.158 e. The summed E-state index contributed by atoms with van der Waals surface area (Å²) >= 11 is 12.6. The minimum absolute atomic E-state index is 0.543. The van der Waals surface area contributed by atoms with Crippen LogP contribution in [0.4, 0.5) is 0 Å². The predicted octanol–water partition coefficient (Wildman–Crippen LogP) is 2.33. The molecule has 2 heterocycles. The zero-order chi connectivity index (χ0) is 14.7. The van der Waals surface area contributed by atoms with Gasteiger partial charge in [-0.15, -0.1) is 10.2 Å². The molecule has 3 aromatic rings. The highest BCUT2D eigenvalue weighted by atomic mass is 35.5. The maximum Gasteiger partial charge on any atom is 0.115 e. The van der Waals surface area contributed by atoms with E-state index in [1.165, 1.54) is 0 Å². The highest BCUT2D eigenvalue weighted by molar-refractivity contribution is 7.79. The molecule has 4 nitrogen and oxygen atoms in total. The summed E-state index contributed by atoms with van der Waals surface area (Å²) in [6, 6.07) is 13.3. The first-order valence-electron chi connectivity index (χ1n) is 6.07. The molecular weight excluding hydrogens is 326 g/mol. The van der Waals surface area contributed by atoms with Gasteiger partial charge in [0, 0.05) is 7.92 Å². The van der Waals surface area contributed by atoms with Crippen LogP contribution in [-0.2, 0) is 0 Å². The van der Waals surface area contributed by atoms with Crippen LogP contribution < -0.4 is 16.2 Å². The average Bonchev–Trinajstić information content (AvgIpc) is 2.52. The molecule has 0 atom stereocenters. The van der Waals surface area contributed by atoms with Gasteiger partial charge in [0.25, 0.3) is 0 Å². The standard InChI is InChI=1S/C14H9Cl2N4P/c15-11-6-8-17-19-13(11)21(10-4-2-1-3-5-10)14-12(16)7-9-18-20-14/h1-9H. The number of benzene rings is 1. The van der Waals surface area contributed by atoms with Gasteiger partial charge in [-0.3, -0.25) is 0 Å². The van der Waals surface area contributed by atoms with Crippen molar-refractivity contribution in [3.63, 3.8) is 0 Å². The number of nitrogens with zero attached hydrogens (tertiary/aromatic N) is 4. The van der Waals surface area contributed by atoms with Crippen LogP contribution in [0, 0.1) is 0 Å². The number of hydrogen-bond donors (Lipinski definition) is 0. The molecule has 0 N–H and O–H groups in total. The molecule has 0 radical (unpaired) electrons. The Kier molecular flexibility index (Phi) is 4.39. The average molecular weight is 335 g/mol. The molecule has 21 heavy (non-hydrogen) atoms. The molecule has 0 amide bonds. The van der Waals surface area contributed by atoms with Crippen molar-refractivity contribution < 1.29 is 0 Å². The largest absolute Gasteiger partial charge is 0.158 e. The predicted molar refractivity (Wildman–Crippen MR) is 86.3 cm³/mol. The summed E-state index contributed by atoms with van der Waals surface area (Å²) in [4.78, 5) is 0. The van der Waals surface area contributed by atoms with Crippen LogP contribution in [0.5, 0.6) is 0 Å². The Bertz CT molecular complexity index is 709. The van der Waals surface area contributed by atoms with E-state index in [0.29, 0.717) is 20.9 Å². The van der Waals surface area contributed by atoms with Crippen molar-refractivity contribution in [2.75, 3.05) is 0 Å². The smallest absolute Gasteiger partial charge is 0.115 e. The van der Waals surface area contributed by atoms with Crippen LogP contribution in [0.1, 0.15) is 0 Å². The van der Waals surface area contributed by atoms with E-state index in [4.69, 9.17) is 23.2 Å². The van der Waals surface area contributed by atoms with Crippen LogP contribution in [0.25, 0.3) is 0 Å². The summed E-state index contributed by atoms with van der Waals surface area (Å²) in [5.74, 6) is 0. The first kappa shape index (κ1) is 14.3. The third kappa shape index (κ3) is 3.03. The molecule has 2 aromatic heterocycles. The van der Waals surface area contributed by atoms with Gasteiger partial charge in [-0.2, -0.15) is 10.2 Å². The van der Waals surface area contributed by atoms with Crippen LogP contribution in [0.3, 0.4) is 0 Å². The van der Waals surface area contributed by atoms with E-state index in [1.54, 1.807) is 24.5 Å². The van der Waals surface area contributed by atoms with Crippen LogP contribution in [-0.4, -0.2) is 20.4 Å². The van der Waals surface area contributed by atoms with E-state index >= 15 is 0 Å². The highest BCUT2D eigenvalue weighted by Gasteiger charge is 2.24. The Morgan fingerprint density at radius 3 is 1.71 bits per heavy atom. The van der Waals surface area contributed by atoms with Gasteiger partial charge in [-0.1, -0.05) is 53.5 Å². The summed E-state index contributed by atoms with van der Waals surface area (Å²) in [7, 11) is -1.10. The first-order valence-corrected chi connectivity index (χ1v) is 8.16. The topological polar surface area (TPSA) is 51.6 Å². The van der Waals surface area contributed by atoms with E-state index in [0.717, 1.165) is 5.30 Å². The van der Waals surface area contributed by atoms with Crippen molar-refractivity contribution in [2.24, 2.45) is 0 Å². The molecule has 3 rings (SSSR count). The molecule has 104 valence electrons. The lowest BCUT2D eigenvalue weighted by Gasteiger charge is -2.17. The normalized spacial score (nSPS) is 10.8.